The van der Waals surface area contributed by atoms with E-state index in [-0.39, 0.29) is 0 Å². The predicted octanol–water partition coefficient (Wildman–Crippen LogP) is 5.47. The first-order chi connectivity index (χ1) is 13.2. The molecule has 3 aromatic carbocycles. The third-order valence-corrected chi connectivity index (χ3v) is 5.21. The summed E-state index contributed by atoms with van der Waals surface area (Å²) in [7, 11) is 0. The molecule has 0 spiro atoms. The highest BCUT2D eigenvalue weighted by molar-refractivity contribution is 9.10. The maximum absolute atomic E-state index is 6.09. The van der Waals surface area contributed by atoms with Crippen molar-refractivity contribution in [3.63, 3.8) is 0 Å². The van der Waals surface area contributed by atoms with Crippen molar-refractivity contribution < 1.29 is 4.57 Å². The molecule has 5 rings (SSSR count). The summed E-state index contributed by atoms with van der Waals surface area (Å²) >= 11 is 9.59. The van der Waals surface area contributed by atoms with Crippen LogP contribution in [0.4, 0.5) is 0 Å². The Hall–Kier alpha value is -2.76. The lowest BCUT2D eigenvalue weighted by atomic mass is 10.2. The average Bonchev–Trinajstić information content (AvgIpc) is 3.05. The van der Waals surface area contributed by atoms with Gasteiger partial charge in [0.15, 0.2) is 5.52 Å². The molecule has 6 heteroatoms. The van der Waals surface area contributed by atoms with Gasteiger partial charge in [-0.25, -0.2) is 4.98 Å². The first-order valence-electron chi connectivity index (χ1n) is 8.41. The van der Waals surface area contributed by atoms with Gasteiger partial charge in [0.2, 0.25) is 5.82 Å². The number of imidazole rings is 1. The minimum absolute atomic E-state index is 0.695. The molecule has 4 nitrogen and oxygen atoms in total. The van der Waals surface area contributed by atoms with Gasteiger partial charge in [0, 0.05) is 15.1 Å². The molecule has 0 aliphatic heterocycles. The van der Waals surface area contributed by atoms with Gasteiger partial charge in [-0.05, 0) is 60.7 Å². The molecule has 130 valence electrons. The van der Waals surface area contributed by atoms with Crippen LogP contribution in [0.15, 0.2) is 77.3 Å². The molecule has 0 radical (unpaired) electrons. The van der Waals surface area contributed by atoms with E-state index in [4.69, 9.17) is 21.6 Å². The zero-order chi connectivity index (χ0) is 18.4. The predicted molar refractivity (Wildman–Crippen MR) is 111 cm³/mol. The van der Waals surface area contributed by atoms with Crippen LogP contribution in [-0.4, -0.2) is 15.0 Å². The van der Waals surface area contributed by atoms with Gasteiger partial charge >= 0.3 is 5.65 Å². The molecule has 0 atom stereocenters. The Labute approximate surface area is 168 Å². The second kappa shape index (κ2) is 6.44. The van der Waals surface area contributed by atoms with E-state index in [1.165, 1.54) is 0 Å². The molecule has 0 aliphatic carbocycles. The lowest BCUT2D eigenvalue weighted by molar-refractivity contribution is -0.556. The van der Waals surface area contributed by atoms with Crippen molar-refractivity contribution in [2.24, 2.45) is 0 Å². The lowest BCUT2D eigenvalue weighted by Crippen LogP contribution is -2.32. The molecule has 2 heterocycles. The van der Waals surface area contributed by atoms with Crippen LogP contribution in [0.25, 0.3) is 39.4 Å². The molecule has 5 aromatic rings. The average molecular weight is 437 g/mol. The number of nitrogens with zero attached hydrogens (tertiary/aromatic N) is 3. The number of nitrogens with one attached hydrogen (secondary N) is 1. The summed E-state index contributed by atoms with van der Waals surface area (Å²) in [6.45, 7) is 0. The minimum Gasteiger partial charge on any atom is -0.251 e. The fraction of sp³-hybridized carbons (Fsp3) is 0. The normalized spacial score (nSPS) is 11.3. The summed E-state index contributed by atoms with van der Waals surface area (Å²) in [5.74, 6) is 0.912. The van der Waals surface area contributed by atoms with Crippen molar-refractivity contribution in [1.82, 2.24) is 15.0 Å². The Morgan fingerprint density at radius 2 is 1.48 bits per heavy atom. The summed E-state index contributed by atoms with van der Waals surface area (Å²) in [5.41, 5.74) is 5.23. The summed E-state index contributed by atoms with van der Waals surface area (Å²) in [6.07, 6.45) is 0. The van der Waals surface area contributed by atoms with Gasteiger partial charge in [-0.1, -0.05) is 44.6 Å². The Morgan fingerprint density at radius 3 is 2.19 bits per heavy atom. The van der Waals surface area contributed by atoms with E-state index in [1.54, 1.807) is 0 Å². The quantitative estimate of drug-likeness (QED) is 0.373. The van der Waals surface area contributed by atoms with Gasteiger partial charge in [-0.3, -0.25) is 4.98 Å². The van der Waals surface area contributed by atoms with Crippen LogP contribution in [0, 0.1) is 0 Å². The number of aromatic amines is 1. The molecular formula is C21H13BrClN4+. The van der Waals surface area contributed by atoms with Crippen molar-refractivity contribution >= 4 is 49.9 Å². The monoisotopic (exact) mass is 435 g/mol. The second-order valence-electron chi connectivity index (χ2n) is 6.18. The smallest absolute Gasteiger partial charge is 0.251 e. The van der Waals surface area contributed by atoms with E-state index in [9.17, 15) is 0 Å². The number of fused-ring (bicyclic) bond motifs is 2. The van der Waals surface area contributed by atoms with Crippen molar-refractivity contribution in [1.29, 1.82) is 0 Å². The highest BCUT2D eigenvalue weighted by atomic mass is 79.9. The molecule has 0 fully saturated rings. The van der Waals surface area contributed by atoms with Crippen LogP contribution in [0.1, 0.15) is 0 Å². The topological polar surface area (TPSA) is 45.5 Å². The number of benzene rings is 3. The fourth-order valence-corrected chi connectivity index (χ4v) is 3.55. The molecule has 27 heavy (non-hydrogen) atoms. The van der Waals surface area contributed by atoms with E-state index < -0.39 is 0 Å². The minimum atomic E-state index is 0.695. The molecule has 0 saturated carbocycles. The Kier molecular flexibility index (Phi) is 3.92. The highest BCUT2D eigenvalue weighted by Gasteiger charge is 2.24. The van der Waals surface area contributed by atoms with Gasteiger partial charge in [0.05, 0.1) is 0 Å². The van der Waals surface area contributed by atoms with E-state index in [2.05, 4.69) is 37.6 Å². The molecule has 0 saturated heterocycles. The maximum atomic E-state index is 6.09. The molecule has 1 N–H and O–H groups in total. The third-order valence-electron chi connectivity index (χ3n) is 4.43. The summed E-state index contributed by atoms with van der Waals surface area (Å²) in [5, 5.41) is 0.695. The Bertz CT molecular complexity index is 1280. The van der Waals surface area contributed by atoms with Crippen LogP contribution in [0.2, 0.25) is 5.02 Å². The zero-order valence-corrected chi connectivity index (χ0v) is 16.4. The fourth-order valence-electron chi connectivity index (χ4n) is 3.16. The summed E-state index contributed by atoms with van der Waals surface area (Å²) < 4.78 is 3.11. The first kappa shape index (κ1) is 16.4. The van der Waals surface area contributed by atoms with E-state index in [0.717, 1.165) is 43.9 Å². The second-order valence-corrected chi connectivity index (χ2v) is 7.53. The number of rotatable bonds is 2. The van der Waals surface area contributed by atoms with E-state index >= 15 is 0 Å². The number of aromatic nitrogens is 4. The Balaban J connectivity index is 1.86. The van der Waals surface area contributed by atoms with Crippen molar-refractivity contribution in [3.05, 3.63) is 82.3 Å². The number of halogens is 2. The molecule has 0 unspecified atom stereocenters. The largest absolute Gasteiger partial charge is 0.328 e. The SMILES string of the molecule is Clc1ccc(-[n+]2c(-c3ccc(Br)cc3)[nH]c3nc4ccccc4nc32)cc1. The van der Waals surface area contributed by atoms with Crippen molar-refractivity contribution in [3.8, 4) is 17.1 Å². The maximum Gasteiger partial charge on any atom is 0.328 e. The van der Waals surface area contributed by atoms with Crippen molar-refractivity contribution in [2.75, 3.05) is 0 Å². The number of H-pyrrole nitrogens is 1. The van der Waals surface area contributed by atoms with Gasteiger partial charge in [0.25, 0.3) is 5.65 Å². The standard InChI is InChI=1S/C21H12BrClN4/c22-14-7-5-13(6-8-14)20-26-19-21(25-18-4-2-1-3-17(18)24-19)27(20)16-11-9-15(23)10-12-16/h1-12H/p+1. The number of para-hydroxylation sites is 2. The van der Waals surface area contributed by atoms with Gasteiger partial charge < -0.3 is 0 Å². The van der Waals surface area contributed by atoms with E-state index in [1.807, 2.05) is 60.7 Å². The van der Waals surface area contributed by atoms with Crippen LogP contribution in [0.5, 0.6) is 0 Å². The molecule has 2 aromatic heterocycles. The third kappa shape index (κ3) is 2.89. The lowest BCUT2D eigenvalue weighted by Gasteiger charge is -2.03. The molecule has 0 amide bonds. The van der Waals surface area contributed by atoms with Crippen LogP contribution >= 0.6 is 27.5 Å². The van der Waals surface area contributed by atoms with Gasteiger partial charge in [-0.2, -0.15) is 4.57 Å². The summed E-state index contributed by atoms with van der Waals surface area (Å²) in [4.78, 5) is 13.1. The van der Waals surface area contributed by atoms with Crippen LogP contribution in [-0.2, 0) is 0 Å². The molecule has 0 bridgehead atoms. The van der Waals surface area contributed by atoms with Gasteiger partial charge in [-0.15, -0.1) is 0 Å². The number of hydrogen-bond acceptors (Lipinski definition) is 2. The molecular weight excluding hydrogens is 424 g/mol. The highest BCUT2D eigenvalue weighted by Crippen LogP contribution is 2.23. The molecule has 0 aliphatic rings. The van der Waals surface area contributed by atoms with E-state index in [0.29, 0.717) is 5.02 Å². The van der Waals surface area contributed by atoms with Crippen molar-refractivity contribution in [2.45, 2.75) is 0 Å². The summed E-state index contributed by atoms with van der Waals surface area (Å²) in [6, 6.07) is 23.7. The van der Waals surface area contributed by atoms with Crippen LogP contribution < -0.4 is 4.57 Å². The van der Waals surface area contributed by atoms with Crippen LogP contribution in [0.3, 0.4) is 0 Å². The zero-order valence-electron chi connectivity index (χ0n) is 14.0. The van der Waals surface area contributed by atoms with Gasteiger partial charge in [0.1, 0.15) is 11.2 Å². The Morgan fingerprint density at radius 1 is 0.815 bits per heavy atom. The number of hydrogen-bond donors (Lipinski definition) is 1. The first-order valence-corrected chi connectivity index (χ1v) is 9.58.